The molecule has 2 aromatic rings. The number of amides is 1. The van der Waals surface area contributed by atoms with E-state index < -0.39 is 0 Å². The molecule has 23 heavy (non-hydrogen) atoms. The molecule has 1 amide bonds. The molecule has 0 unspecified atom stereocenters. The maximum absolute atomic E-state index is 12.2. The Morgan fingerprint density at radius 2 is 2.17 bits per heavy atom. The van der Waals surface area contributed by atoms with Crippen LogP contribution in [0.25, 0.3) is 0 Å². The van der Waals surface area contributed by atoms with Gasteiger partial charge in [-0.2, -0.15) is 5.10 Å². The van der Waals surface area contributed by atoms with Gasteiger partial charge in [0.1, 0.15) is 5.76 Å². The molecular formula is C17H24N4O2. The van der Waals surface area contributed by atoms with Crippen LogP contribution in [0.1, 0.15) is 59.9 Å². The molecule has 0 aromatic carbocycles. The molecule has 1 saturated heterocycles. The van der Waals surface area contributed by atoms with Gasteiger partial charge in [-0.05, 0) is 58.0 Å². The van der Waals surface area contributed by atoms with E-state index in [-0.39, 0.29) is 11.9 Å². The third-order valence-corrected chi connectivity index (χ3v) is 4.39. The van der Waals surface area contributed by atoms with Crippen LogP contribution in [0.4, 0.5) is 0 Å². The van der Waals surface area contributed by atoms with E-state index in [0.717, 1.165) is 30.2 Å². The summed E-state index contributed by atoms with van der Waals surface area (Å²) in [4.78, 5) is 14.6. The molecule has 0 saturated carbocycles. The van der Waals surface area contributed by atoms with Crippen molar-refractivity contribution >= 4 is 5.91 Å². The molecule has 6 heteroatoms. The number of rotatable bonds is 5. The normalized spacial score (nSPS) is 17.1. The molecule has 124 valence electrons. The zero-order valence-electron chi connectivity index (χ0n) is 13.8. The summed E-state index contributed by atoms with van der Waals surface area (Å²) in [5, 5.41) is 9.79. The number of H-pyrrole nitrogens is 1. The van der Waals surface area contributed by atoms with Crippen LogP contribution in [0.2, 0.25) is 0 Å². The van der Waals surface area contributed by atoms with Gasteiger partial charge in [-0.15, -0.1) is 0 Å². The van der Waals surface area contributed by atoms with E-state index in [0.29, 0.717) is 12.3 Å². The maximum Gasteiger partial charge on any atom is 0.287 e. The van der Waals surface area contributed by atoms with Gasteiger partial charge in [0, 0.05) is 5.69 Å². The average molecular weight is 316 g/mol. The third kappa shape index (κ3) is 3.82. The van der Waals surface area contributed by atoms with Crippen molar-refractivity contribution in [3.05, 3.63) is 41.1 Å². The molecule has 2 N–H and O–H groups in total. The van der Waals surface area contributed by atoms with Crippen molar-refractivity contribution in [2.75, 3.05) is 13.1 Å². The molecule has 1 fully saturated rings. The summed E-state index contributed by atoms with van der Waals surface area (Å²) in [6, 6.07) is 5.78. The number of carbonyl (C=O) groups is 1. The molecule has 3 heterocycles. The van der Waals surface area contributed by atoms with Crippen molar-refractivity contribution < 1.29 is 9.21 Å². The van der Waals surface area contributed by atoms with Gasteiger partial charge < -0.3 is 9.73 Å². The minimum atomic E-state index is -0.206. The van der Waals surface area contributed by atoms with Crippen molar-refractivity contribution in [1.29, 1.82) is 0 Å². The Morgan fingerprint density at radius 1 is 1.39 bits per heavy atom. The predicted octanol–water partition coefficient (Wildman–Crippen LogP) is 2.79. The quantitative estimate of drug-likeness (QED) is 0.889. The van der Waals surface area contributed by atoms with Crippen LogP contribution in [0.15, 0.2) is 22.6 Å². The van der Waals surface area contributed by atoms with Gasteiger partial charge in [0.2, 0.25) is 0 Å². The number of likely N-dealkylation sites (tertiary alicyclic amines) is 1. The first-order valence-electron chi connectivity index (χ1n) is 8.26. The fraction of sp³-hybridized carbons (Fsp3) is 0.529. The van der Waals surface area contributed by atoms with E-state index in [1.807, 2.05) is 19.1 Å². The number of piperidine rings is 1. The number of aryl methyl sites for hydroxylation is 1. The van der Waals surface area contributed by atoms with Gasteiger partial charge in [0.15, 0.2) is 5.76 Å². The first-order valence-corrected chi connectivity index (χ1v) is 8.26. The van der Waals surface area contributed by atoms with E-state index in [1.54, 1.807) is 6.07 Å². The van der Waals surface area contributed by atoms with Crippen LogP contribution in [0.5, 0.6) is 0 Å². The highest BCUT2D eigenvalue weighted by atomic mass is 16.4. The van der Waals surface area contributed by atoms with Gasteiger partial charge in [-0.3, -0.25) is 14.8 Å². The Labute approximate surface area is 136 Å². The topological polar surface area (TPSA) is 74.2 Å². The van der Waals surface area contributed by atoms with Crippen LogP contribution in [-0.4, -0.2) is 34.1 Å². The van der Waals surface area contributed by atoms with Crippen molar-refractivity contribution in [1.82, 2.24) is 20.4 Å². The van der Waals surface area contributed by atoms with Crippen LogP contribution >= 0.6 is 0 Å². The first kappa shape index (κ1) is 15.8. The van der Waals surface area contributed by atoms with Crippen molar-refractivity contribution in [3.8, 4) is 0 Å². The monoisotopic (exact) mass is 316 g/mol. The van der Waals surface area contributed by atoms with E-state index >= 15 is 0 Å². The number of furan rings is 1. The van der Waals surface area contributed by atoms with E-state index in [1.165, 1.54) is 19.3 Å². The average Bonchev–Trinajstić information content (AvgIpc) is 3.22. The lowest BCUT2D eigenvalue weighted by Gasteiger charge is -2.31. The zero-order valence-corrected chi connectivity index (χ0v) is 13.8. The minimum Gasteiger partial charge on any atom is -0.454 e. The van der Waals surface area contributed by atoms with Gasteiger partial charge in [-0.1, -0.05) is 6.42 Å². The molecular weight excluding hydrogens is 292 g/mol. The standard InChI is InChI=1S/C17H24N4O2/c1-12-10-14(20-19-12)11-18-17(22)16-7-6-15(23-16)13(2)21-8-4-3-5-9-21/h6-7,10,13H,3-5,8-9,11H2,1-2H3,(H,18,22)(H,19,20)/t13-/m1/s1. The molecule has 3 rings (SSSR count). The Balaban J connectivity index is 1.58. The molecule has 0 aliphatic carbocycles. The van der Waals surface area contributed by atoms with Crippen LogP contribution in [0.3, 0.4) is 0 Å². The van der Waals surface area contributed by atoms with E-state index in [9.17, 15) is 4.79 Å². The lowest BCUT2D eigenvalue weighted by Crippen LogP contribution is -2.32. The van der Waals surface area contributed by atoms with Gasteiger partial charge in [0.05, 0.1) is 18.3 Å². The predicted molar refractivity (Wildman–Crippen MR) is 87.0 cm³/mol. The van der Waals surface area contributed by atoms with E-state index in [2.05, 4.69) is 27.3 Å². The zero-order chi connectivity index (χ0) is 16.2. The van der Waals surface area contributed by atoms with Crippen LogP contribution in [0, 0.1) is 6.92 Å². The summed E-state index contributed by atoms with van der Waals surface area (Å²) in [6.07, 6.45) is 3.78. The molecule has 1 aliphatic heterocycles. The summed E-state index contributed by atoms with van der Waals surface area (Å²) < 4.78 is 5.77. The Bertz CT molecular complexity index is 655. The SMILES string of the molecule is Cc1cc(CNC(=O)c2ccc([C@@H](C)N3CCCCC3)o2)n[nH]1. The fourth-order valence-electron chi connectivity index (χ4n) is 3.01. The minimum absolute atomic E-state index is 0.206. The second-order valence-corrected chi connectivity index (χ2v) is 6.20. The summed E-state index contributed by atoms with van der Waals surface area (Å²) in [5.74, 6) is 1.01. The maximum atomic E-state index is 12.2. The lowest BCUT2D eigenvalue weighted by molar-refractivity contribution is 0.0913. The number of aromatic nitrogens is 2. The van der Waals surface area contributed by atoms with Crippen molar-refractivity contribution in [3.63, 3.8) is 0 Å². The number of nitrogens with one attached hydrogen (secondary N) is 2. The number of carbonyl (C=O) groups excluding carboxylic acids is 1. The van der Waals surface area contributed by atoms with Crippen molar-refractivity contribution in [2.24, 2.45) is 0 Å². The number of hydrogen-bond donors (Lipinski definition) is 2. The molecule has 0 radical (unpaired) electrons. The first-order chi connectivity index (χ1) is 11.1. The Hall–Kier alpha value is -2.08. The van der Waals surface area contributed by atoms with Crippen LogP contribution < -0.4 is 5.32 Å². The second kappa shape index (κ2) is 7.00. The Morgan fingerprint density at radius 3 is 2.87 bits per heavy atom. The molecule has 1 aliphatic rings. The third-order valence-electron chi connectivity index (χ3n) is 4.39. The number of hydrogen-bond acceptors (Lipinski definition) is 4. The van der Waals surface area contributed by atoms with Gasteiger partial charge >= 0.3 is 0 Å². The summed E-state index contributed by atoms with van der Waals surface area (Å²) in [6.45, 7) is 6.65. The molecule has 2 aromatic heterocycles. The molecule has 0 spiro atoms. The largest absolute Gasteiger partial charge is 0.454 e. The number of nitrogens with zero attached hydrogens (tertiary/aromatic N) is 2. The highest BCUT2D eigenvalue weighted by molar-refractivity contribution is 5.91. The van der Waals surface area contributed by atoms with Crippen LogP contribution in [-0.2, 0) is 6.54 Å². The lowest BCUT2D eigenvalue weighted by atomic mass is 10.1. The van der Waals surface area contributed by atoms with E-state index in [4.69, 9.17) is 4.42 Å². The molecule has 1 atom stereocenters. The molecule has 6 nitrogen and oxygen atoms in total. The fourth-order valence-corrected chi connectivity index (χ4v) is 3.01. The summed E-state index contributed by atoms with van der Waals surface area (Å²) in [5.41, 5.74) is 1.79. The highest BCUT2D eigenvalue weighted by Gasteiger charge is 2.22. The van der Waals surface area contributed by atoms with Gasteiger partial charge in [-0.25, -0.2) is 0 Å². The molecule has 0 bridgehead atoms. The smallest absolute Gasteiger partial charge is 0.287 e. The summed E-state index contributed by atoms with van der Waals surface area (Å²) in [7, 11) is 0. The second-order valence-electron chi connectivity index (χ2n) is 6.20. The Kier molecular flexibility index (Phi) is 4.81. The van der Waals surface area contributed by atoms with Crippen molar-refractivity contribution in [2.45, 2.75) is 45.7 Å². The highest BCUT2D eigenvalue weighted by Crippen LogP contribution is 2.25. The number of aromatic amines is 1. The summed E-state index contributed by atoms with van der Waals surface area (Å²) >= 11 is 0. The van der Waals surface area contributed by atoms with Gasteiger partial charge in [0.25, 0.3) is 5.91 Å².